The molecule has 1 N–H and O–H groups in total. The van der Waals surface area contributed by atoms with Crippen LogP contribution in [0.2, 0.25) is 0 Å². The van der Waals surface area contributed by atoms with E-state index in [1.54, 1.807) is 0 Å². The zero-order valence-electron chi connectivity index (χ0n) is 15.0. The van der Waals surface area contributed by atoms with Crippen LogP contribution in [-0.2, 0) is 11.2 Å². The average Bonchev–Trinajstić information content (AvgIpc) is 2.70. The molecule has 0 aromatic heterocycles. The Labute approximate surface area is 154 Å². The van der Waals surface area contributed by atoms with Crippen molar-refractivity contribution in [2.75, 3.05) is 26.3 Å². The Morgan fingerprint density at radius 2 is 1.46 bits per heavy atom. The molecule has 1 unspecified atom stereocenters. The van der Waals surface area contributed by atoms with Gasteiger partial charge >= 0.3 is 0 Å². The Kier molecular flexibility index (Phi) is 5.21. The Bertz CT molecular complexity index is 721. The summed E-state index contributed by atoms with van der Waals surface area (Å²) in [6.07, 6.45) is 3.02. The topological polar surface area (TPSA) is 40.0 Å². The number of ketones is 1. The van der Waals surface area contributed by atoms with Gasteiger partial charge in [-0.25, -0.2) is 0 Å². The third kappa shape index (κ3) is 3.91. The summed E-state index contributed by atoms with van der Waals surface area (Å²) in [5.41, 5.74) is 1.22. The first-order valence-electron chi connectivity index (χ1n) is 9.57. The molecule has 26 heavy (non-hydrogen) atoms. The number of carbonyl (C=O) groups is 1. The second kappa shape index (κ2) is 7.92. The van der Waals surface area contributed by atoms with Crippen molar-refractivity contribution < 1.29 is 19.2 Å². The van der Waals surface area contributed by atoms with Gasteiger partial charge in [0.1, 0.15) is 24.7 Å². The summed E-state index contributed by atoms with van der Waals surface area (Å²) in [6, 6.07) is 18.1. The summed E-state index contributed by atoms with van der Waals surface area (Å²) < 4.78 is 11.4. The molecule has 136 valence electrons. The van der Waals surface area contributed by atoms with Crippen LogP contribution in [0.3, 0.4) is 0 Å². The fourth-order valence-electron chi connectivity index (χ4n) is 4.15. The number of ether oxygens (including phenoxy) is 2. The standard InChI is InChI=1S/C22H25NO3/c24-22-18-10-12-23(13-11-18)21(22)16-17-6-8-20(9-7-17)26-15-14-25-19-4-2-1-3-5-19/h1-9,18,21H,10-16H2/p+1. The van der Waals surface area contributed by atoms with Crippen LogP contribution >= 0.6 is 0 Å². The number of para-hydroxylation sites is 1. The quantitative estimate of drug-likeness (QED) is 0.774. The number of benzene rings is 2. The summed E-state index contributed by atoms with van der Waals surface area (Å²) in [7, 11) is 0. The molecule has 0 amide bonds. The molecule has 0 spiro atoms. The fourth-order valence-corrected chi connectivity index (χ4v) is 4.15. The minimum atomic E-state index is 0.161. The highest BCUT2D eigenvalue weighted by atomic mass is 16.5. The van der Waals surface area contributed by atoms with E-state index < -0.39 is 0 Å². The lowest BCUT2D eigenvalue weighted by atomic mass is 9.80. The molecule has 2 bridgehead atoms. The molecule has 1 atom stereocenters. The van der Waals surface area contributed by atoms with Crippen molar-refractivity contribution in [1.29, 1.82) is 0 Å². The number of fused-ring (bicyclic) bond motifs is 3. The summed E-state index contributed by atoms with van der Waals surface area (Å²) in [4.78, 5) is 14.0. The van der Waals surface area contributed by atoms with Gasteiger partial charge in [0.05, 0.1) is 13.1 Å². The van der Waals surface area contributed by atoms with E-state index in [9.17, 15) is 4.79 Å². The summed E-state index contributed by atoms with van der Waals surface area (Å²) in [5.74, 6) is 2.51. The Morgan fingerprint density at radius 1 is 0.846 bits per heavy atom. The predicted molar refractivity (Wildman–Crippen MR) is 99.8 cm³/mol. The van der Waals surface area contributed by atoms with Gasteiger partial charge < -0.3 is 14.4 Å². The van der Waals surface area contributed by atoms with Crippen LogP contribution in [0.25, 0.3) is 0 Å². The highest BCUT2D eigenvalue weighted by Crippen LogP contribution is 2.21. The van der Waals surface area contributed by atoms with Crippen LogP contribution in [0.15, 0.2) is 54.6 Å². The maximum atomic E-state index is 12.5. The van der Waals surface area contributed by atoms with Gasteiger partial charge in [0.25, 0.3) is 0 Å². The zero-order valence-corrected chi connectivity index (χ0v) is 15.0. The second-order valence-corrected chi connectivity index (χ2v) is 7.25. The van der Waals surface area contributed by atoms with Crippen LogP contribution in [0.4, 0.5) is 0 Å². The maximum absolute atomic E-state index is 12.5. The van der Waals surface area contributed by atoms with Gasteiger partial charge in [0, 0.05) is 25.2 Å². The van der Waals surface area contributed by atoms with E-state index in [-0.39, 0.29) is 6.04 Å². The van der Waals surface area contributed by atoms with Crippen LogP contribution in [0.5, 0.6) is 11.5 Å². The molecule has 5 rings (SSSR count). The van der Waals surface area contributed by atoms with E-state index >= 15 is 0 Å². The number of carbonyl (C=O) groups excluding carboxylic acids is 1. The Morgan fingerprint density at radius 3 is 2.08 bits per heavy atom. The lowest BCUT2D eigenvalue weighted by molar-refractivity contribution is -0.927. The number of quaternary nitrogens is 1. The highest BCUT2D eigenvalue weighted by molar-refractivity contribution is 5.86. The van der Waals surface area contributed by atoms with E-state index in [0.717, 1.165) is 43.9 Å². The molecule has 3 aliphatic rings. The smallest absolute Gasteiger partial charge is 0.193 e. The van der Waals surface area contributed by atoms with Crippen molar-refractivity contribution in [3.05, 3.63) is 60.2 Å². The van der Waals surface area contributed by atoms with Crippen LogP contribution < -0.4 is 14.4 Å². The third-order valence-corrected chi connectivity index (χ3v) is 5.59. The monoisotopic (exact) mass is 352 g/mol. The Balaban J connectivity index is 1.25. The van der Waals surface area contributed by atoms with Crippen molar-refractivity contribution in [2.24, 2.45) is 5.92 Å². The van der Waals surface area contributed by atoms with E-state index in [1.165, 1.54) is 10.5 Å². The van der Waals surface area contributed by atoms with Crippen molar-refractivity contribution in [1.82, 2.24) is 0 Å². The van der Waals surface area contributed by atoms with Crippen molar-refractivity contribution in [3.8, 4) is 11.5 Å². The molecule has 0 radical (unpaired) electrons. The van der Waals surface area contributed by atoms with Crippen molar-refractivity contribution in [2.45, 2.75) is 25.3 Å². The lowest BCUT2D eigenvalue weighted by Gasteiger charge is -2.41. The molecule has 3 saturated heterocycles. The second-order valence-electron chi connectivity index (χ2n) is 7.25. The van der Waals surface area contributed by atoms with Crippen LogP contribution in [-0.4, -0.2) is 38.1 Å². The number of hydrogen-bond acceptors (Lipinski definition) is 3. The molecule has 2 aromatic carbocycles. The fraction of sp³-hybridized carbons (Fsp3) is 0.409. The summed E-state index contributed by atoms with van der Waals surface area (Å²) in [6.45, 7) is 3.34. The molecule has 4 nitrogen and oxygen atoms in total. The van der Waals surface area contributed by atoms with E-state index in [2.05, 4.69) is 12.1 Å². The number of piperidine rings is 3. The average molecular weight is 352 g/mol. The SMILES string of the molecule is O=C1C2CC[NH+](CC2)C1Cc1ccc(OCCOc2ccccc2)cc1. The number of Topliss-reactive ketones (excluding diaryl/α,β-unsaturated/α-hetero) is 1. The van der Waals surface area contributed by atoms with E-state index in [4.69, 9.17) is 9.47 Å². The third-order valence-electron chi connectivity index (χ3n) is 5.59. The van der Waals surface area contributed by atoms with Gasteiger partial charge in [-0.15, -0.1) is 0 Å². The van der Waals surface area contributed by atoms with Crippen LogP contribution in [0.1, 0.15) is 18.4 Å². The van der Waals surface area contributed by atoms with Gasteiger partial charge in [-0.2, -0.15) is 0 Å². The maximum Gasteiger partial charge on any atom is 0.193 e. The number of rotatable bonds is 7. The molecular formula is C22H26NO3+. The normalized spacial score (nSPS) is 24.5. The molecule has 2 aromatic rings. The zero-order chi connectivity index (χ0) is 17.8. The Hall–Kier alpha value is -2.33. The molecule has 3 fully saturated rings. The van der Waals surface area contributed by atoms with E-state index in [1.807, 2.05) is 42.5 Å². The lowest BCUT2D eigenvalue weighted by Crippen LogP contribution is -3.20. The van der Waals surface area contributed by atoms with Gasteiger partial charge in [-0.05, 0) is 29.8 Å². The van der Waals surface area contributed by atoms with Crippen molar-refractivity contribution in [3.63, 3.8) is 0 Å². The van der Waals surface area contributed by atoms with Gasteiger partial charge in [0.15, 0.2) is 11.8 Å². The first-order chi connectivity index (χ1) is 12.8. The predicted octanol–water partition coefficient (Wildman–Crippen LogP) is 1.93. The van der Waals surface area contributed by atoms with E-state index in [0.29, 0.717) is 24.9 Å². The first-order valence-corrected chi connectivity index (χ1v) is 9.57. The largest absolute Gasteiger partial charge is 0.490 e. The van der Waals surface area contributed by atoms with Crippen molar-refractivity contribution >= 4 is 5.78 Å². The first kappa shape index (κ1) is 17.1. The summed E-state index contributed by atoms with van der Waals surface area (Å²) >= 11 is 0. The van der Waals surface area contributed by atoms with Gasteiger partial charge in [-0.1, -0.05) is 30.3 Å². The number of hydrogen-bond donors (Lipinski definition) is 1. The minimum absolute atomic E-state index is 0.161. The van der Waals surface area contributed by atoms with Gasteiger partial charge in [0.2, 0.25) is 0 Å². The molecule has 4 heteroatoms. The molecule has 3 heterocycles. The molecule has 0 aliphatic carbocycles. The summed E-state index contributed by atoms with van der Waals surface area (Å²) in [5, 5.41) is 0. The van der Waals surface area contributed by atoms with Crippen LogP contribution in [0, 0.1) is 5.92 Å². The highest BCUT2D eigenvalue weighted by Gasteiger charge is 2.44. The molecular weight excluding hydrogens is 326 g/mol. The number of nitrogens with one attached hydrogen (secondary N) is 1. The minimum Gasteiger partial charge on any atom is -0.490 e. The van der Waals surface area contributed by atoms with Gasteiger partial charge in [-0.3, -0.25) is 4.79 Å². The molecule has 0 saturated carbocycles. The molecule has 3 aliphatic heterocycles.